The first-order valence-corrected chi connectivity index (χ1v) is 11.3. The highest BCUT2D eigenvalue weighted by atomic mass is 16.5. The number of ketones is 1. The number of hydrogen-bond acceptors (Lipinski definition) is 6. The third kappa shape index (κ3) is 4.64. The van der Waals surface area contributed by atoms with Gasteiger partial charge < -0.3 is 14.6 Å². The molecule has 0 unspecified atom stereocenters. The van der Waals surface area contributed by atoms with E-state index in [2.05, 4.69) is 31.1 Å². The van der Waals surface area contributed by atoms with Crippen molar-refractivity contribution in [1.29, 1.82) is 0 Å². The lowest BCUT2D eigenvalue weighted by molar-refractivity contribution is 0.0991. The highest BCUT2D eigenvalue weighted by molar-refractivity contribution is 5.97. The number of hydrogen-bond donors (Lipinski definition) is 1. The van der Waals surface area contributed by atoms with Crippen molar-refractivity contribution in [2.24, 2.45) is 7.05 Å². The van der Waals surface area contributed by atoms with Crippen LogP contribution in [-0.4, -0.2) is 44.7 Å². The van der Waals surface area contributed by atoms with Gasteiger partial charge in [0.25, 0.3) is 0 Å². The number of carbonyl (C=O) groups excluding carboxylic acids is 1. The smallest absolute Gasteiger partial charge is 0.168 e. The Bertz CT molecular complexity index is 1290. The van der Waals surface area contributed by atoms with Crippen molar-refractivity contribution >= 4 is 16.7 Å². The highest BCUT2D eigenvalue weighted by Gasteiger charge is 2.15. The van der Waals surface area contributed by atoms with Crippen molar-refractivity contribution in [2.75, 3.05) is 13.1 Å². The van der Waals surface area contributed by atoms with Gasteiger partial charge in [0.1, 0.15) is 17.7 Å². The van der Waals surface area contributed by atoms with Crippen molar-refractivity contribution in [2.45, 2.75) is 32.3 Å². The molecule has 1 fully saturated rings. The number of Topliss-reactive ketones (excluding diaryl/α,β-unsaturated/α-hetero) is 1. The van der Waals surface area contributed by atoms with Crippen LogP contribution in [-0.2, 0) is 13.5 Å². The summed E-state index contributed by atoms with van der Waals surface area (Å²) < 4.78 is 8.09. The Morgan fingerprint density at radius 1 is 1.09 bits per heavy atom. The number of benzene rings is 2. The summed E-state index contributed by atoms with van der Waals surface area (Å²) in [5, 5.41) is 12.9. The summed E-state index contributed by atoms with van der Waals surface area (Å²) in [6.45, 7) is 3.94. The molecule has 1 saturated heterocycles. The molecule has 0 atom stereocenters. The van der Waals surface area contributed by atoms with Crippen molar-refractivity contribution in [3.8, 4) is 17.0 Å². The van der Waals surface area contributed by atoms with Gasteiger partial charge in [-0.15, -0.1) is 0 Å². The number of carbonyl (C=O) groups is 1. The predicted octanol–water partition coefficient (Wildman–Crippen LogP) is 3.89. The number of aryl methyl sites for hydroxylation is 1. The van der Waals surface area contributed by atoms with Crippen LogP contribution in [0.1, 0.15) is 34.7 Å². The van der Waals surface area contributed by atoms with E-state index in [1.54, 1.807) is 0 Å². The zero-order valence-corrected chi connectivity index (χ0v) is 18.9. The maximum atomic E-state index is 12.9. The Morgan fingerprint density at radius 3 is 2.61 bits per heavy atom. The van der Waals surface area contributed by atoms with Crippen molar-refractivity contribution < 1.29 is 9.53 Å². The number of piperidine rings is 1. The molecule has 4 aromatic rings. The Hall–Kier alpha value is -3.58. The zero-order chi connectivity index (χ0) is 22.8. The number of ether oxygens (including phenoxy) is 1. The third-order valence-electron chi connectivity index (χ3n) is 6.26. The van der Waals surface area contributed by atoms with Gasteiger partial charge in [-0.3, -0.25) is 4.79 Å². The molecule has 0 saturated carbocycles. The molecule has 33 heavy (non-hydrogen) atoms. The molecule has 0 aliphatic carbocycles. The van der Waals surface area contributed by atoms with E-state index in [1.807, 2.05) is 62.6 Å². The maximum Gasteiger partial charge on any atom is 0.168 e. The van der Waals surface area contributed by atoms with Gasteiger partial charge in [0, 0.05) is 23.6 Å². The molecule has 168 valence electrons. The first-order valence-electron chi connectivity index (χ1n) is 11.3. The van der Waals surface area contributed by atoms with Crippen LogP contribution in [0, 0.1) is 6.92 Å². The normalized spacial score (nSPS) is 14.5. The second-order valence-electron chi connectivity index (χ2n) is 8.55. The van der Waals surface area contributed by atoms with Gasteiger partial charge in [0.15, 0.2) is 5.78 Å². The Kier molecular flexibility index (Phi) is 5.88. The quantitative estimate of drug-likeness (QED) is 0.457. The average Bonchev–Trinajstić information content (AvgIpc) is 3.18. The van der Waals surface area contributed by atoms with Gasteiger partial charge >= 0.3 is 0 Å². The molecule has 2 aromatic heterocycles. The summed E-state index contributed by atoms with van der Waals surface area (Å²) in [5.74, 6) is 1.77. The SMILES string of the molecule is Cc1ncc(-c2ccc3nnc(CC(=O)c4ccc(OC5CCNCC5)cc4)cc3c2)n1C. The van der Waals surface area contributed by atoms with Crippen LogP contribution in [0.3, 0.4) is 0 Å². The van der Waals surface area contributed by atoms with Crippen LogP contribution in [0.2, 0.25) is 0 Å². The number of nitrogens with one attached hydrogen (secondary N) is 1. The van der Waals surface area contributed by atoms with Gasteiger partial charge in [0.2, 0.25) is 0 Å². The zero-order valence-electron chi connectivity index (χ0n) is 18.9. The van der Waals surface area contributed by atoms with Gasteiger partial charge in [-0.1, -0.05) is 6.07 Å². The van der Waals surface area contributed by atoms with Crippen molar-refractivity contribution in [1.82, 2.24) is 25.1 Å². The average molecular weight is 442 g/mol. The van der Waals surface area contributed by atoms with Crippen LogP contribution < -0.4 is 10.1 Å². The summed E-state index contributed by atoms with van der Waals surface area (Å²) >= 11 is 0. The number of aromatic nitrogens is 4. The fourth-order valence-electron chi connectivity index (χ4n) is 4.20. The minimum atomic E-state index is 0.00970. The molecule has 0 radical (unpaired) electrons. The van der Waals surface area contributed by atoms with E-state index in [9.17, 15) is 4.79 Å². The first-order chi connectivity index (χ1) is 16.1. The number of fused-ring (bicyclic) bond motifs is 1. The fourth-order valence-corrected chi connectivity index (χ4v) is 4.20. The lowest BCUT2D eigenvalue weighted by Gasteiger charge is -2.23. The Morgan fingerprint density at radius 2 is 1.88 bits per heavy atom. The van der Waals surface area contributed by atoms with Crippen molar-refractivity contribution in [3.63, 3.8) is 0 Å². The van der Waals surface area contributed by atoms with E-state index in [0.29, 0.717) is 11.3 Å². The number of imidazole rings is 1. The van der Waals surface area contributed by atoms with Gasteiger partial charge in [-0.05, 0) is 75.3 Å². The summed E-state index contributed by atoms with van der Waals surface area (Å²) in [6.07, 6.45) is 4.31. The Balaban J connectivity index is 1.30. The predicted molar refractivity (Wildman–Crippen MR) is 127 cm³/mol. The molecule has 1 aliphatic heterocycles. The van der Waals surface area contributed by atoms with E-state index in [-0.39, 0.29) is 18.3 Å². The first kappa shape index (κ1) is 21.3. The topological polar surface area (TPSA) is 81.9 Å². The largest absolute Gasteiger partial charge is 0.490 e. The highest BCUT2D eigenvalue weighted by Crippen LogP contribution is 2.24. The number of nitrogens with zero attached hydrogens (tertiary/aromatic N) is 4. The molecule has 0 spiro atoms. The molecular weight excluding hydrogens is 414 g/mol. The lowest BCUT2D eigenvalue weighted by Crippen LogP contribution is -2.34. The molecule has 0 amide bonds. The molecule has 2 aromatic carbocycles. The van der Waals surface area contributed by atoms with Crippen molar-refractivity contribution in [3.05, 3.63) is 71.8 Å². The van der Waals surface area contributed by atoms with Crippen LogP contribution in [0.4, 0.5) is 0 Å². The summed E-state index contributed by atoms with van der Waals surface area (Å²) in [4.78, 5) is 17.2. The summed E-state index contributed by atoms with van der Waals surface area (Å²) in [5.41, 5.74) is 4.19. The molecule has 7 nitrogen and oxygen atoms in total. The molecule has 5 rings (SSSR count). The second kappa shape index (κ2) is 9.11. The third-order valence-corrected chi connectivity index (χ3v) is 6.26. The number of rotatable bonds is 6. The van der Waals surface area contributed by atoms with Crippen LogP contribution >= 0.6 is 0 Å². The second-order valence-corrected chi connectivity index (χ2v) is 8.55. The molecule has 1 N–H and O–H groups in total. The van der Waals surface area contributed by atoms with Crippen LogP contribution in [0.15, 0.2) is 54.7 Å². The van der Waals surface area contributed by atoms with Gasteiger partial charge in [-0.2, -0.15) is 10.2 Å². The van der Waals surface area contributed by atoms with E-state index >= 15 is 0 Å². The van der Waals surface area contributed by atoms with Crippen LogP contribution in [0.5, 0.6) is 5.75 Å². The standard InChI is InChI=1S/C26H27N5O2/c1-17-28-16-25(31(17)2)19-5-8-24-20(13-19)14-21(29-30-24)15-26(32)18-3-6-22(7-4-18)33-23-9-11-27-12-10-23/h3-8,13-14,16,23,27H,9-12,15H2,1-2H3. The molecule has 7 heteroatoms. The van der Waals surface area contributed by atoms with E-state index < -0.39 is 0 Å². The fraction of sp³-hybridized carbons (Fsp3) is 0.308. The Labute approximate surface area is 192 Å². The van der Waals surface area contributed by atoms with Gasteiger partial charge in [-0.25, -0.2) is 4.98 Å². The molecule has 3 heterocycles. The molecule has 1 aliphatic rings. The van der Waals surface area contributed by atoms with E-state index in [4.69, 9.17) is 4.74 Å². The molecular formula is C26H27N5O2. The summed E-state index contributed by atoms with van der Waals surface area (Å²) in [7, 11) is 2.00. The summed E-state index contributed by atoms with van der Waals surface area (Å²) in [6, 6.07) is 15.4. The lowest BCUT2D eigenvalue weighted by atomic mass is 10.0. The monoisotopic (exact) mass is 441 g/mol. The maximum absolute atomic E-state index is 12.9. The van der Waals surface area contributed by atoms with Crippen LogP contribution in [0.25, 0.3) is 22.2 Å². The molecule has 0 bridgehead atoms. The minimum absolute atomic E-state index is 0.00970. The minimum Gasteiger partial charge on any atom is -0.490 e. The van der Waals surface area contributed by atoms with E-state index in [0.717, 1.165) is 59.7 Å². The van der Waals surface area contributed by atoms with Gasteiger partial charge in [0.05, 0.1) is 29.5 Å². The van der Waals surface area contributed by atoms with E-state index in [1.165, 1.54) is 0 Å².